The summed E-state index contributed by atoms with van der Waals surface area (Å²) in [5, 5.41) is 11.7. The Kier molecular flexibility index (Phi) is 5.53. The van der Waals surface area contributed by atoms with Crippen LogP contribution in [0.15, 0.2) is 30.3 Å². The molecule has 2 heterocycles. The standard InChI is InChI=1S/C18H21F3N4/c1-12-9-17(22-15-3-2-8-25(10-15)11-16(20)21)23-24-18(12)13-4-6-14(19)7-5-13/h4-7,9,15-16H,2-3,8,10-11H2,1H3,(H,22,23)/t15-/m1/s1. The monoisotopic (exact) mass is 350 g/mol. The van der Waals surface area contributed by atoms with Crippen molar-refractivity contribution in [3.8, 4) is 11.3 Å². The van der Waals surface area contributed by atoms with Crippen LogP contribution >= 0.6 is 0 Å². The van der Waals surface area contributed by atoms with E-state index in [4.69, 9.17) is 0 Å². The van der Waals surface area contributed by atoms with Crippen molar-refractivity contribution in [1.82, 2.24) is 15.1 Å². The van der Waals surface area contributed by atoms with E-state index in [1.807, 2.05) is 13.0 Å². The number of alkyl halides is 2. The highest BCUT2D eigenvalue weighted by molar-refractivity contribution is 5.63. The number of rotatable bonds is 5. The summed E-state index contributed by atoms with van der Waals surface area (Å²) >= 11 is 0. The number of nitrogens with zero attached hydrogens (tertiary/aromatic N) is 3. The Morgan fingerprint density at radius 2 is 2.00 bits per heavy atom. The maximum atomic E-state index is 13.0. The second kappa shape index (κ2) is 7.82. The number of benzene rings is 1. The Hall–Kier alpha value is -2.15. The molecule has 4 nitrogen and oxygen atoms in total. The zero-order valence-electron chi connectivity index (χ0n) is 14.1. The summed E-state index contributed by atoms with van der Waals surface area (Å²) in [5.74, 6) is 0.338. The quantitative estimate of drug-likeness (QED) is 0.892. The third-order valence-corrected chi connectivity index (χ3v) is 4.36. The third-order valence-electron chi connectivity index (χ3n) is 4.36. The molecule has 1 aliphatic heterocycles. The van der Waals surface area contributed by atoms with Crippen molar-refractivity contribution >= 4 is 5.82 Å². The SMILES string of the molecule is Cc1cc(N[C@@H]2CCCN(CC(F)F)C2)nnc1-c1ccc(F)cc1. The summed E-state index contributed by atoms with van der Waals surface area (Å²) in [5.41, 5.74) is 2.43. The summed E-state index contributed by atoms with van der Waals surface area (Å²) in [7, 11) is 0. The van der Waals surface area contributed by atoms with Crippen LogP contribution in [0.25, 0.3) is 11.3 Å². The van der Waals surface area contributed by atoms with Gasteiger partial charge in [0, 0.05) is 18.2 Å². The largest absolute Gasteiger partial charge is 0.365 e. The van der Waals surface area contributed by atoms with Gasteiger partial charge in [0.25, 0.3) is 6.43 Å². The van der Waals surface area contributed by atoms with Gasteiger partial charge in [-0.25, -0.2) is 13.2 Å². The number of halogens is 3. The Morgan fingerprint density at radius 1 is 1.24 bits per heavy atom. The van der Waals surface area contributed by atoms with Crippen molar-refractivity contribution in [2.24, 2.45) is 0 Å². The Bertz CT molecular complexity index is 706. The second-order valence-electron chi connectivity index (χ2n) is 6.40. The zero-order valence-corrected chi connectivity index (χ0v) is 14.1. The van der Waals surface area contributed by atoms with Crippen LogP contribution in [0.2, 0.25) is 0 Å². The van der Waals surface area contributed by atoms with Gasteiger partial charge in [0.1, 0.15) is 11.6 Å². The van der Waals surface area contributed by atoms with Crippen LogP contribution in [-0.4, -0.2) is 47.2 Å². The Balaban J connectivity index is 1.67. The number of aryl methyl sites for hydroxylation is 1. The summed E-state index contributed by atoms with van der Waals surface area (Å²) < 4.78 is 38.1. The van der Waals surface area contributed by atoms with E-state index in [-0.39, 0.29) is 18.4 Å². The van der Waals surface area contributed by atoms with E-state index < -0.39 is 6.43 Å². The highest BCUT2D eigenvalue weighted by Gasteiger charge is 2.22. The molecule has 134 valence electrons. The Labute approximate surface area is 145 Å². The molecular weight excluding hydrogens is 329 g/mol. The normalized spacial score (nSPS) is 18.5. The number of aromatic nitrogens is 2. The van der Waals surface area contributed by atoms with Crippen LogP contribution in [0.5, 0.6) is 0 Å². The molecule has 1 atom stereocenters. The molecule has 1 aromatic carbocycles. The highest BCUT2D eigenvalue weighted by Crippen LogP contribution is 2.23. The van der Waals surface area contributed by atoms with Gasteiger partial charge >= 0.3 is 0 Å². The maximum Gasteiger partial charge on any atom is 0.251 e. The fourth-order valence-electron chi connectivity index (χ4n) is 3.19. The summed E-state index contributed by atoms with van der Waals surface area (Å²) in [4.78, 5) is 1.78. The molecule has 0 radical (unpaired) electrons. The van der Waals surface area contributed by atoms with Crippen molar-refractivity contribution in [2.75, 3.05) is 25.0 Å². The number of likely N-dealkylation sites (tertiary alicyclic amines) is 1. The molecule has 0 aliphatic carbocycles. The van der Waals surface area contributed by atoms with Crippen LogP contribution in [-0.2, 0) is 0 Å². The van der Waals surface area contributed by atoms with E-state index in [0.717, 1.165) is 24.0 Å². The second-order valence-corrected chi connectivity index (χ2v) is 6.40. The molecule has 0 saturated carbocycles. The van der Waals surface area contributed by atoms with Crippen LogP contribution in [0.1, 0.15) is 18.4 Å². The first kappa shape index (κ1) is 17.7. The van der Waals surface area contributed by atoms with E-state index in [0.29, 0.717) is 24.6 Å². The van der Waals surface area contributed by atoms with Crippen LogP contribution in [0.3, 0.4) is 0 Å². The maximum absolute atomic E-state index is 13.0. The molecule has 7 heteroatoms. The average Bonchev–Trinajstić information content (AvgIpc) is 2.56. The van der Waals surface area contributed by atoms with Crippen LogP contribution in [0.4, 0.5) is 19.0 Å². The van der Waals surface area contributed by atoms with Gasteiger partial charge < -0.3 is 5.32 Å². The van der Waals surface area contributed by atoms with Gasteiger partial charge in [0.15, 0.2) is 0 Å². The molecular formula is C18H21F3N4. The smallest absolute Gasteiger partial charge is 0.251 e. The predicted molar refractivity (Wildman–Crippen MR) is 91.3 cm³/mol. The molecule has 1 fully saturated rings. The van der Waals surface area contributed by atoms with Gasteiger partial charge in [-0.15, -0.1) is 10.2 Å². The number of nitrogens with one attached hydrogen (secondary N) is 1. The molecule has 0 unspecified atom stereocenters. The van der Waals surface area contributed by atoms with Crippen molar-refractivity contribution in [2.45, 2.75) is 32.2 Å². The average molecular weight is 350 g/mol. The minimum atomic E-state index is -2.31. The van der Waals surface area contributed by atoms with E-state index in [1.54, 1.807) is 17.0 Å². The van der Waals surface area contributed by atoms with Gasteiger partial charge in [-0.05, 0) is 62.2 Å². The van der Waals surface area contributed by atoms with E-state index >= 15 is 0 Å². The molecule has 2 aromatic rings. The lowest BCUT2D eigenvalue weighted by Crippen LogP contribution is -2.44. The lowest BCUT2D eigenvalue weighted by atomic mass is 10.1. The fraction of sp³-hybridized carbons (Fsp3) is 0.444. The van der Waals surface area contributed by atoms with Crippen molar-refractivity contribution in [1.29, 1.82) is 0 Å². The van der Waals surface area contributed by atoms with Gasteiger partial charge in [0.2, 0.25) is 0 Å². The minimum absolute atomic E-state index is 0.0814. The van der Waals surface area contributed by atoms with Gasteiger partial charge in [-0.1, -0.05) is 0 Å². The first-order valence-corrected chi connectivity index (χ1v) is 8.38. The molecule has 0 bridgehead atoms. The molecule has 1 aromatic heterocycles. The van der Waals surface area contributed by atoms with E-state index in [1.165, 1.54) is 12.1 Å². The Morgan fingerprint density at radius 3 is 2.68 bits per heavy atom. The summed E-state index contributed by atoms with van der Waals surface area (Å²) in [6.45, 7) is 3.01. The van der Waals surface area contributed by atoms with Gasteiger partial charge in [-0.3, -0.25) is 4.90 Å². The first-order valence-electron chi connectivity index (χ1n) is 8.38. The van der Waals surface area contributed by atoms with E-state index in [9.17, 15) is 13.2 Å². The molecule has 25 heavy (non-hydrogen) atoms. The number of hydrogen-bond donors (Lipinski definition) is 1. The van der Waals surface area contributed by atoms with Crippen LogP contribution < -0.4 is 5.32 Å². The van der Waals surface area contributed by atoms with Gasteiger partial charge in [-0.2, -0.15) is 0 Å². The van der Waals surface area contributed by atoms with Gasteiger partial charge in [0.05, 0.1) is 12.2 Å². The lowest BCUT2D eigenvalue weighted by molar-refractivity contribution is 0.0761. The first-order chi connectivity index (χ1) is 12.0. The molecule has 3 rings (SSSR count). The zero-order chi connectivity index (χ0) is 17.8. The van der Waals surface area contributed by atoms with Crippen molar-refractivity contribution in [3.63, 3.8) is 0 Å². The lowest BCUT2D eigenvalue weighted by Gasteiger charge is -2.33. The molecule has 0 spiro atoms. The number of hydrogen-bond acceptors (Lipinski definition) is 4. The molecule has 1 aliphatic rings. The minimum Gasteiger partial charge on any atom is -0.365 e. The predicted octanol–water partition coefficient (Wildman–Crippen LogP) is 3.73. The molecule has 1 saturated heterocycles. The fourth-order valence-corrected chi connectivity index (χ4v) is 3.19. The topological polar surface area (TPSA) is 41.0 Å². The molecule has 1 N–H and O–H groups in total. The number of piperidine rings is 1. The summed E-state index contributed by atoms with van der Waals surface area (Å²) in [6.07, 6.45) is -0.513. The molecule has 0 amide bonds. The highest BCUT2D eigenvalue weighted by atomic mass is 19.3. The third kappa shape index (κ3) is 4.69. The van der Waals surface area contributed by atoms with Crippen molar-refractivity contribution < 1.29 is 13.2 Å². The number of anilines is 1. The van der Waals surface area contributed by atoms with Crippen molar-refractivity contribution in [3.05, 3.63) is 41.7 Å². The van der Waals surface area contributed by atoms with Crippen LogP contribution in [0, 0.1) is 12.7 Å². The van der Waals surface area contributed by atoms with E-state index in [2.05, 4.69) is 15.5 Å². The summed E-state index contributed by atoms with van der Waals surface area (Å²) in [6, 6.07) is 8.09.